The molecule has 2 heterocycles. The van der Waals surface area contributed by atoms with E-state index in [1.165, 1.54) is 12.8 Å². The zero-order valence-corrected chi connectivity index (χ0v) is 13.8. The minimum atomic E-state index is 0.800. The predicted molar refractivity (Wildman–Crippen MR) is 97.2 cm³/mol. The Hall–Kier alpha value is -2.33. The maximum Gasteiger partial charge on any atom is 0.138 e. The number of nitrogens with one attached hydrogen (secondary N) is 2. The molecule has 0 unspecified atom stereocenters. The van der Waals surface area contributed by atoms with Gasteiger partial charge in [-0.15, -0.1) is 0 Å². The van der Waals surface area contributed by atoms with Gasteiger partial charge in [-0.05, 0) is 74.7 Å². The minimum absolute atomic E-state index is 0.800. The number of nitrogens with zero attached hydrogens (tertiary/aromatic N) is 1. The van der Waals surface area contributed by atoms with E-state index >= 15 is 0 Å². The average molecular weight is 321 g/mol. The van der Waals surface area contributed by atoms with Crippen LogP contribution in [-0.4, -0.2) is 29.7 Å². The molecule has 4 heteroatoms. The van der Waals surface area contributed by atoms with Crippen LogP contribution in [0.4, 0.5) is 0 Å². The van der Waals surface area contributed by atoms with Gasteiger partial charge in [0.2, 0.25) is 0 Å². The van der Waals surface area contributed by atoms with E-state index in [0.29, 0.717) is 0 Å². The average Bonchev–Trinajstić information content (AvgIpc) is 3.07. The predicted octanol–water partition coefficient (Wildman–Crippen LogP) is 4.00. The highest BCUT2D eigenvalue weighted by Crippen LogP contribution is 2.23. The Bertz CT molecular complexity index is 755. The van der Waals surface area contributed by atoms with Crippen LogP contribution >= 0.6 is 0 Å². The van der Waals surface area contributed by atoms with Gasteiger partial charge < -0.3 is 15.0 Å². The van der Waals surface area contributed by atoms with Crippen molar-refractivity contribution in [2.75, 3.05) is 19.7 Å². The van der Waals surface area contributed by atoms with Crippen molar-refractivity contribution in [3.05, 3.63) is 48.5 Å². The Morgan fingerprint density at radius 2 is 1.79 bits per heavy atom. The first-order valence-electron chi connectivity index (χ1n) is 8.77. The number of aromatic amines is 1. The van der Waals surface area contributed by atoms with Crippen molar-refractivity contribution in [1.29, 1.82) is 0 Å². The maximum atomic E-state index is 5.91. The third-order valence-electron chi connectivity index (χ3n) is 4.77. The molecular formula is C20H23N3O. The lowest BCUT2D eigenvalue weighted by atomic mass is 9.95. The van der Waals surface area contributed by atoms with Gasteiger partial charge in [0.15, 0.2) is 0 Å². The molecule has 0 radical (unpaired) electrons. The van der Waals surface area contributed by atoms with Crippen molar-refractivity contribution in [3.8, 4) is 17.1 Å². The third kappa shape index (κ3) is 3.44. The molecule has 0 bridgehead atoms. The second-order valence-electron chi connectivity index (χ2n) is 6.46. The Labute approximate surface area is 142 Å². The molecule has 2 N–H and O–H groups in total. The van der Waals surface area contributed by atoms with E-state index in [2.05, 4.69) is 27.4 Å². The van der Waals surface area contributed by atoms with Gasteiger partial charge in [-0.25, -0.2) is 4.98 Å². The molecule has 4 nitrogen and oxygen atoms in total. The van der Waals surface area contributed by atoms with E-state index in [9.17, 15) is 0 Å². The number of para-hydroxylation sites is 2. The molecule has 0 spiro atoms. The monoisotopic (exact) mass is 321 g/mol. The number of rotatable bonds is 5. The summed E-state index contributed by atoms with van der Waals surface area (Å²) in [6.07, 6.45) is 3.69. The highest BCUT2D eigenvalue weighted by Gasteiger charge is 2.12. The van der Waals surface area contributed by atoms with Crippen molar-refractivity contribution < 1.29 is 4.74 Å². The molecule has 2 aromatic carbocycles. The summed E-state index contributed by atoms with van der Waals surface area (Å²) in [5, 5.41) is 3.40. The van der Waals surface area contributed by atoms with Crippen molar-refractivity contribution in [1.82, 2.24) is 15.3 Å². The Balaban J connectivity index is 1.37. The minimum Gasteiger partial charge on any atom is -0.494 e. The number of imidazole rings is 1. The second-order valence-corrected chi connectivity index (χ2v) is 6.46. The number of hydrogen-bond acceptors (Lipinski definition) is 3. The fourth-order valence-electron chi connectivity index (χ4n) is 3.31. The molecule has 0 aliphatic carbocycles. The summed E-state index contributed by atoms with van der Waals surface area (Å²) in [5.41, 5.74) is 3.14. The van der Waals surface area contributed by atoms with E-state index in [4.69, 9.17) is 4.74 Å². The Morgan fingerprint density at radius 1 is 1.00 bits per heavy atom. The van der Waals surface area contributed by atoms with Crippen molar-refractivity contribution in [3.63, 3.8) is 0 Å². The van der Waals surface area contributed by atoms with Crippen LogP contribution in [0, 0.1) is 5.92 Å². The van der Waals surface area contributed by atoms with E-state index in [0.717, 1.165) is 60.2 Å². The molecule has 1 fully saturated rings. The van der Waals surface area contributed by atoms with Crippen LogP contribution in [0.25, 0.3) is 22.4 Å². The lowest BCUT2D eigenvalue weighted by Crippen LogP contribution is -2.28. The molecule has 1 aliphatic heterocycles. The standard InChI is InChI=1S/C20H23N3O/c1-2-4-19-18(3-1)22-20(23-19)16-5-7-17(8-6-16)24-14-11-15-9-12-21-13-10-15/h1-8,15,21H,9-14H2,(H,22,23). The molecule has 1 aliphatic rings. The van der Waals surface area contributed by atoms with E-state index in [1.54, 1.807) is 0 Å². The number of fused-ring (bicyclic) bond motifs is 1. The van der Waals surface area contributed by atoms with E-state index in [-0.39, 0.29) is 0 Å². The molecule has 24 heavy (non-hydrogen) atoms. The molecular weight excluding hydrogens is 298 g/mol. The van der Waals surface area contributed by atoms with Gasteiger partial charge in [-0.1, -0.05) is 12.1 Å². The first-order chi connectivity index (χ1) is 11.9. The van der Waals surface area contributed by atoms with Gasteiger partial charge in [0.05, 0.1) is 17.6 Å². The number of hydrogen-bond donors (Lipinski definition) is 2. The molecule has 0 saturated carbocycles. The number of aromatic nitrogens is 2. The van der Waals surface area contributed by atoms with Gasteiger partial charge in [-0.3, -0.25) is 0 Å². The number of H-pyrrole nitrogens is 1. The van der Waals surface area contributed by atoms with Crippen LogP contribution in [-0.2, 0) is 0 Å². The normalized spacial score (nSPS) is 15.7. The van der Waals surface area contributed by atoms with E-state index in [1.807, 2.05) is 36.4 Å². The smallest absolute Gasteiger partial charge is 0.138 e. The first kappa shape index (κ1) is 15.2. The fourth-order valence-corrected chi connectivity index (χ4v) is 3.31. The summed E-state index contributed by atoms with van der Waals surface area (Å²) in [6, 6.07) is 16.3. The number of piperidine rings is 1. The summed E-state index contributed by atoms with van der Waals surface area (Å²) in [6.45, 7) is 3.10. The molecule has 1 saturated heterocycles. The molecule has 0 amide bonds. The Kier molecular flexibility index (Phi) is 4.47. The van der Waals surface area contributed by atoms with Crippen molar-refractivity contribution in [2.45, 2.75) is 19.3 Å². The first-order valence-corrected chi connectivity index (χ1v) is 8.77. The molecule has 124 valence electrons. The van der Waals surface area contributed by atoms with Crippen LogP contribution in [0.1, 0.15) is 19.3 Å². The quantitative estimate of drug-likeness (QED) is 0.747. The van der Waals surface area contributed by atoms with Gasteiger partial charge >= 0.3 is 0 Å². The topological polar surface area (TPSA) is 49.9 Å². The van der Waals surface area contributed by atoms with Gasteiger partial charge in [-0.2, -0.15) is 0 Å². The second kappa shape index (κ2) is 7.05. The van der Waals surface area contributed by atoms with Gasteiger partial charge in [0, 0.05) is 5.56 Å². The van der Waals surface area contributed by atoms with Gasteiger partial charge in [0.1, 0.15) is 11.6 Å². The number of ether oxygens (including phenoxy) is 1. The highest BCUT2D eigenvalue weighted by atomic mass is 16.5. The SMILES string of the molecule is c1ccc2[nH]c(-c3ccc(OCCC4CCNCC4)cc3)nc2c1. The summed E-state index contributed by atoms with van der Waals surface area (Å²) in [4.78, 5) is 7.99. The summed E-state index contributed by atoms with van der Waals surface area (Å²) in [5.74, 6) is 2.64. The lowest BCUT2D eigenvalue weighted by Gasteiger charge is -2.22. The van der Waals surface area contributed by atoms with Crippen molar-refractivity contribution >= 4 is 11.0 Å². The van der Waals surface area contributed by atoms with Gasteiger partial charge in [0.25, 0.3) is 0 Å². The fraction of sp³-hybridized carbons (Fsp3) is 0.350. The maximum absolute atomic E-state index is 5.91. The van der Waals surface area contributed by atoms with Crippen LogP contribution in [0.2, 0.25) is 0 Å². The zero-order valence-electron chi connectivity index (χ0n) is 13.8. The van der Waals surface area contributed by atoms with Crippen molar-refractivity contribution in [2.24, 2.45) is 5.92 Å². The molecule has 3 aromatic rings. The van der Waals surface area contributed by atoms with Crippen LogP contribution in [0.15, 0.2) is 48.5 Å². The number of benzene rings is 2. The largest absolute Gasteiger partial charge is 0.494 e. The summed E-state index contributed by atoms with van der Waals surface area (Å²) in [7, 11) is 0. The highest BCUT2D eigenvalue weighted by molar-refractivity contribution is 5.79. The summed E-state index contributed by atoms with van der Waals surface area (Å²) >= 11 is 0. The Morgan fingerprint density at radius 3 is 2.58 bits per heavy atom. The van der Waals surface area contributed by atoms with Crippen LogP contribution < -0.4 is 10.1 Å². The summed E-state index contributed by atoms with van der Waals surface area (Å²) < 4.78 is 5.91. The molecule has 1 aromatic heterocycles. The van der Waals surface area contributed by atoms with Crippen LogP contribution in [0.3, 0.4) is 0 Å². The third-order valence-corrected chi connectivity index (χ3v) is 4.77. The lowest BCUT2D eigenvalue weighted by molar-refractivity contribution is 0.252. The zero-order chi connectivity index (χ0) is 16.2. The molecule has 4 rings (SSSR count). The molecule has 0 atom stereocenters. The van der Waals surface area contributed by atoms with Crippen LogP contribution in [0.5, 0.6) is 5.75 Å². The van der Waals surface area contributed by atoms with E-state index < -0.39 is 0 Å².